The number of anilines is 2. The van der Waals surface area contributed by atoms with Gasteiger partial charge in [0.2, 0.25) is 5.43 Å². The number of aliphatic hydroxyl groups is 1. The average molecular weight is 537 g/mol. The van der Waals surface area contributed by atoms with Crippen LogP contribution in [0.25, 0.3) is 44.1 Å². The Hall–Kier alpha value is -4.58. The molecule has 5 aromatic rings. The number of carboxylic acid groups (broad SMARTS) is 1. The van der Waals surface area contributed by atoms with Crippen molar-refractivity contribution in [3.8, 4) is 11.1 Å². The zero-order valence-electron chi connectivity index (χ0n) is 21.6. The van der Waals surface area contributed by atoms with Gasteiger partial charge in [0.05, 0.1) is 33.1 Å². The maximum Gasteiger partial charge on any atom is 0.341 e. The van der Waals surface area contributed by atoms with Gasteiger partial charge in [0.1, 0.15) is 16.9 Å². The minimum atomic E-state index is -1.38. The van der Waals surface area contributed by atoms with Gasteiger partial charge in [0.15, 0.2) is 11.6 Å². The highest BCUT2D eigenvalue weighted by Crippen LogP contribution is 2.42. The summed E-state index contributed by atoms with van der Waals surface area (Å²) in [5, 5.41) is 22.4. The van der Waals surface area contributed by atoms with Crippen LogP contribution in [0, 0.1) is 11.6 Å². The fourth-order valence-corrected chi connectivity index (χ4v) is 5.01. The molecule has 1 aromatic carbocycles. The normalized spacial score (nSPS) is 12.4. The molecule has 202 valence electrons. The minimum Gasteiger partial charge on any atom is -0.477 e. The standard InChI is InChI=1S/C27H26F2N6O4/c1-12(5-6-36)35-11-16(27(38)39)24(37)14-7-13(9-32-26(14)35)15-10-31-25-20(23(15)34(3)4)19-21(29)17(28)8-18(30-2)22(19)33-25/h7-12,30,36H,5-6H2,1-4H3,(H,31,33)(H,38,39). The van der Waals surface area contributed by atoms with Crippen molar-refractivity contribution in [3.63, 3.8) is 0 Å². The van der Waals surface area contributed by atoms with Crippen LogP contribution in [0.4, 0.5) is 20.2 Å². The lowest BCUT2D eigenvalue weighted by Gasteiger charge is -2.20. The zero-order valence-corrected chi connectivity index (χ0v) is 21.6. The number of rotatable bonds is 7. The molecule has 4 N–H and O–H groups in total. The van der Waals surface area contributed by atoms with Crippen LogP contribution < -0.4 is 15.6 Å². The fourth-order valence-electron chi connectivity index (χ4n) is 5.01. The lowest BCUT2D eigenvalue weighted by Crippen LogP contribution is -2.21. The number of nitrogens with zero attached hydrogens (tertiary/aromatic N) is 4. The Balaban J connectivity index is 1.86. The van der Waals surface area contributed by atoms with Gasteiger partial charge in [-0.1, -0.05) is 0 Å². The first-order chi connectivity index (χ1) is 18.6. The van der Waals surface area contributed by atoms with E-state index in [4.69, 9.17) is 0 Å². The summed E-state index contributed by atoms with van der Waals surface area (Å²) in [6, 6.07) is 2.26. The van der Waals surface area contributed by atoms with E-state index in [0.717, 1.165) is 6.07 Å². The van der Waals surface area contributed by atoms with Crippen molar-refractivity contribution in [1.29, 1.82) is 0 Å². The predicted molar refractivity (Wildman–Crippen MR) is 146 cm³/mol. The molecule has 0 amide bonds. The molecule has 5 rings (SSSR count). The van der Waals surface area contributed by atoms with E-state index in [2.05, 4.69) is 20.3 Å². The number of carbonyl (C=O) groups is 1. The van der Waals surface area contributed by atoms with Crippen molar-refractivity contribution in [2.45, 2.75) is 19.4 Å². The third-order valence-electron chi connectivity index (χ3n) is 6.91. The van der Waals surface area contributed by atoms with Crippen LogP contribution in [0.2, 0.25) is 0 Å². The molecule has 0 bridgehead atoms. The highest BCUT2D eigenvalue weighted by Gasteiger charge is 2.24. The summed E-state index contributed by atoms with van der Waals surface area (Å²) in [4.78, 5) is 38.8. The third-order valence-corrected chi connectivity index (χ3v) is 6.91. The van der Waals surface area contributed by atoms with E-state index in [9.17, 15) is 24.2 Å². The number of pyridine rings is 3. The van der Waals surface area contributed by atoms with Crippen LogP contribution in [-0.2, 0) is 0 Å². The number of aromatic nitrogens is 4. The number of hydrogen-bond donors (Lipinski definition) is 4. The van der Waals surface area contributed by atoms with Crippen molar-refractivity contribution >= 4 is 50.3 Å². The second kappa shape index (κ2) is 9.62. The highest BCUT2D eigenvalue weighted by atomic mass is 19.2. The Morgan fingerprint density at radius 1 is 1.21 bits per heavy atom. The molecule has 0 aliphatic carbocycles. The summed E-state index contributed by atoms with van der Waals surface area (Å²) in [5.74, 6) is -3.43. The Kier molecular flexibility index (Phi) is 6.43. The number of fused-ring (bicyclic) bond motifs is 4. The van der Waals surface area contributed by atoms with Gasteiger partial charge < -0.3 is 30.0 Å². The lowest BCUT2D eigenvalue weighted by molar-refractivity contribution is 0.0694. The Morgan fingerprint density at radius 3 is 2.59 bits per heavy atom. The summed E-state index contributed by atoms with van der Waals surface area (Å²) < 4.78 is 31.3. The van der Waals surface area contributed by atoms with E-state index in [0.29, 0.717) is 45.5 Å². The number of carboxylic acids is 1. The molecular weight excluding hydrogens is 510 g/mol. The van der Waals surface area contributed by atoms with Crippen molar-refractivity contribution in [3.05, 3.63) is 58.1 Å². The molecule has 0 radical (unpaired) electrons. The molecule has 39 heavy (non-hydrogen) atoms. The summed E-state index contributed by atoms with van der Waals surface area (Å²) in [6.07, 6.45) is 4.62. The SMILES string of the molecule is CNc1cc(F)c(F)c2c1[nH]c1ncc(-c3cnc4c(c3)c(=O)c(C(=O)O)cn4C(C)CCO)c(N(C)C)c12. The quantitative estimate of drug-likeness (QED) is 0.244. The van der Waals surface area contributed by atoms with Gasteiger partial charge in [-0.25, -0.2) is 23.5 Å². The number of aromatic carboxylic acids is 1. The summed E-state index contributed by atoms with van der Waals surface area (Å²) >= 11 is 0. The fraction of sp³-hybridized carbons (Fsp3) is 0.259. The number of hydrogen-bond acceptors (Lipinski definition) is 7. The second-order valence-corrected chi connectivity index (χ2v) is 9.52. The summed E-state index contributed by atoms with van der Waals surface area (Å²) in [7, 11) is 5.09. The molecule has 10 nitrogen and oxygen atoms in total. The van der Waals surface area contributed by atoms with E-state index in [1.807, 2.05) is 0 Å². The molecule has 0 aliphatic heterocycles. The zero-order chi connectivity index (χ0) is 28.2. The van der Waals surface area contributed by atoms with Gasteiger partial charge in [0.25, 0.3) is 0 Å². The van der Waals surface area contributed by atoms with Crippen molar-refractivity contribution in [1.82, 2.24) is 19.5 Å². The van der Waals surface area contributed by atoms with Crippen LogP contribution >= 0.6 is 0 Å². The first-order valence-corrected chi connectivity index (χ1v) is 12.2. The van der Waals surface area contributed by atoms with Gasteiger partial charge in [0, 0.05) is 69.6 Å². The molecular formula is C27H26F2N6O4. The number of benzene rings is 1. The van der Waals surface area contributed by atoms with Crippen LogP contribution in [0.5, 0.6) is 0 Å². The number of H-pyrrole nitrogens is 1. The monoisotopic (exact) mass is 536 g/mol. The third kappa shape index (κ3) is 4.04. The van der Waals surface area contributed by atoms with E-state index in [-0.39, 0.29) is 29.1 Å². The largest absolute Gasteiger partial charge is 0.477 e. The van der Waals surface area contributed by atoms with Gasteiger partial charge in [-0.2, -0.15) is 0 Å². The molecule has 0 saturated heterocycles. The minimum absolute atomic E-state index is 0.0227. The van der Waals surface area contributed by atoms with E-state index >= 15 is 4.39 Å². The maximum atomic E-state index is 15.2. The summed E-state index contributed by atoms with van der Waals surface area (Å²) in [5.41, 5.74) is 1.58. The van der Waals surface area contributed by atoms with Crippen molar-refractivity contribution < 1.29 is 23.8 Å². The first kappa shape index (κ1) is 26.0. The molecule has 4 heterocycles. The Morgan fingerprint density at radius 2 is 1.95 bits per heavy atom. The smallest absolute Gasteiger partial charge is 0.341 e. The summed E-state index contributed by atoms with van der Waals surface area (Å²) in [6.45, 7) is 1.65. The molecule has 12 heteroatoms. The highest BCUT2D eigenvalue weighted by molar-refractivity contribution is 6.18. The average Bonchev–Trinajstić information content (AvgIpc) is 3.30. The van der Waals surface area contributed by atoms with E-state index in [1.165, 1.54) is 24.7 Å². The number of aliphatic hydroxyl groups excluding tert-OH is 1. The molecule has 0 spiro atoms. The van der Waals surface area contributed by atoms with E-state index in [1.54, 1.807) is 37.5 Å². The van der Waals surface area contributed by atoms with Crippen molar-refractivity contribution in [2.24, 2.45) is 0 Å². The van der Waals surface area contributed by atoms with Crippen LogP contribution in [0.1, 0.15) is 29.7 Å². The van der Waals surface area contributed by atoms with Gasteiger partial charge in [-0.05, 0) is 19.4 Å². The lowest BCUT2D eigenvalue weighted by atomic mass is 10.0. The Labute approximate surface area is 220 Å². The van der Waals surface area contributed by atoms with Gasteiger partial charge in [-0.3, -0.25) is 4.79 Å². The van der Waals surface area contributed by atoms with E-state index < -0.39 is 28.6 Å². The molecule has 1 unspecified atom stereocenters. The van der Waals surface area contributed by atoms with Crippen LogP contribution in [-0.4, -0.2) is 63.5 Å². The predicted octanol–water partition coefficient (Wildman–Crippen LogP) is 4.12. The topological polar surface area (TPSA) is 136 Å². The second-order valence-electron chi connectivity index (χ2n) is 9.52. The van der Waals surface area contributed by atoms with Crippen LogP contribution in [0.15, 0.2) is 35.5 Å². The molecule has 1 atom stereocenters. The number of aromatic amines is 1. The van der Waals surface area contributed by atoms with Crippen LogP contribution in [0.3, 0.4) is 0 Å². The first-order valence-electron chi connectivity index (χ1n) is 12.2. The molecule has 0 aliphatic rings. The Bertz CT molecular complexity index is 1850. The molecule has 0 fully saturated rings. The van der Waals surface area contributed by atoms with Gasteiger partial charge in [-0.15, -0.1) is 0 Å². The number of nitrogens with one attached hydrogen (secondary N) is 2. The van der Waals surface area contributed by atoms with Gasteiger partial charge >= 0.3 is 5.97 Å². The molecule has 0 saturated carbocycles. The van der Waals surface area contributed by atoms with Crippen molar-refractivity contribution in [2.75, 3.05) is 38.0 Å². The molecule has 4 aromatic heterocycles. The maximum absolute atomic E-state index is 15.2. The number of halogens is 2.